The highest BCUT2D eigenvalue weighted by atomic mass is 32.1. The maximum Gasteiger partial charge on any atom is 0.317 e. The van der Waals surface area contributed by atoms with E-state index in [9.17, 15) is 9.59 Å². The quantitative estimate of drug-likeness (QED) is 0.558. The molecule has 5 rings (SSSR count). The molecule has 1 saturated heterocycles. The van der Waals surface area contributed by atoms with Crippen molar-refractivity contribution in [1.82, 2.24) is 20.1 Å². The Morgan fingerprint density at radius 1 is 0.941 bits per heavy atom. The molecule has 1 aliphatic carbocycles. The Morgan fingerprint density at radius 3 is 2.41 bits per heavy atom. The van der Waals surface area contributed by atoms with Gasteiger partial charge in [-0.2, -0.15) is 0 Å². The topological polar surface area (TPSA) is 77.6 Å². The van der Waals surface area contributed by atoms with Crippen LogP contribution in [-0.2, 0) is 6.54 Å². The lowest BCUT2D eigenvalue weighted by Gasteiger charge is -2.36. The molecule has 7 nitrogen and oxygen atoms in total. The van der Waals surface area contributed by atoms with Gasteiger partial charge in [0.1, 0.15) is 0 Å². The first-order valence-electron chi connectivity index (χ1n) is 12.2. The molecule has 1 aliphatic heterocycles. The molecular formula is C26H31N5O2S. The molecule has 178 valence electrons. The first-order chi connectivity index (χ1) is 16.6. The zero-order valence-electron chi connectivity index (χ0n) is 19.3. The Balaban J connectivity index is 1.09. The highest BCUT2D eigenvalue weighted by molar-refractivity contribution is 7.22. The number of anilines is 1. The smallest absolute Gasteiger partial charge is 0.317 e. The van der Waals surface area contributed by atoms with E-state index in [4.69, 9.17) is 0 Å². The number of thiazole rings is 1. The summed E-state index contributed by atoms with van der Waals surface area (Å²) in [5.74, 6) is -0.150. The molecule has 2 fully saturated rings. The van der Waals surface area contributed by atoms with E-state index in [-0.39, 0.29) is 11.9 Å². The van der Waals surface area contributed by atoms with Crippen LogP contribution in [0.3, 0.4) is 0 Å². The number of piperazine rings is 1. The normalized spacial score (nSPS) is 17.6. The van der Waals surface area contributed by atoms with Gasteiger partial charge in [-0.3, -0.25) is 15.0 Å². The van der Waals surface area contributed by atoms with Gasteiger partial charge < -0.3 is 10.2 Å². The minimum Gasteiger partial charge on any atom is -0.335 e. The lowest BCUT2D eigenvalue weighted by Crippen LogP contribution is -2.53. The van der Waals surface area contributed by atoms with Crippen LogP contribution in [0.1, 0.15) is 48.0 Å². The molecule has 0 bridgehead atoms. The van der Waals surface area contributed by atoms with Crippen molar-refractivity contribution in [1.29, 1.82) is 0 Å². The number of carbonyl (C=O) groups is 2. The molecule has 0 atom stereocenters. The molecule has 3 amide bonds. The van der Waals surface area contributed by atoms with Gasteiger partial charge in [0.25, 0.3) is 5.91 Å². The van der Waals surface area contributed by atoms with E-state index in [1.54, 1.807) is 0 Å². The van der Waals surface area contributed by atoms with Crippen molar-refractivity contribution in [3.05, 3.63) is 59.7 Å². The van der Waals surface area contributed by atoms with Crippen LogP contribution in [0.5, 0.6) is 0 Å². The van der Waals surface area contributed by atoms with Gasteiger partial charge in [-0.15, -0.1) is 0 Å². The number of rotatable bonds is 5. The largest absolute Gasteiger partial charge is 0.335 e. The fourth-order valence-electron chi connectivity index (χ4n) is 4.74. The van der Waals surface area contributed by atoms with Crippen molar-refractivity contribution in [2.24, 2.45) is 0 Å². The SMILES string of the molecule is O=C(Nc1nc2ccccc2s1)c1ccc(CN2CCN(C(=O)NC3CCCCC3)CC2)cc1. The first kappa shape index (κ1) is 22.8. The minimum absolute atomic E-state index is 0.0926. The van der Waals surface area contributed by atoms with Gasteiger partial charge in [0.15, 0.2) is 5.13 Å². The number of benzene rings is 2. The number of fused-ring (bicyclic) bond motifs is 1. The highest BCUT2D eigenvalue weighted by Gasteiger charge is 2.24. The van der Waals surface area contributed by atoms with E-state index < -0.39 is 0 Å². The Bertz CT molecular complexity index is 1100. The van der Waals surface area contributed by atoms with Gasteiger partial charge >= 0.3 is 6.03 Å². The fourth-order valence-corrected chi connectivity index (χ4v) is 5.60. The zero-order valence-corrected chi connectivity index (χ0v) is 20.2. The van der Waals surface area contributed by atoms with Crippen LogP contribution in [0.15, 0.2) is 48.5 Å². The summed E-state index contributed by atoms with van der Waals surface area (Å²) in [4.78, 5) is 34.0. The lowest BCUT2D eigenvalue weighted by molar-refractivity contribution is 0.102. The van der Waals surface area contributed by atoms with Gasteiger partial charge in [0.2, 0.25) is 0 Å². The lowest BCUT2D eigenvalue weighted by atomic mass is 9.96. The monoisotopic (exact) mass is 477 g/mol. The van der Waals surface area contributed by atoms with Crippen LogP contribution in [0.25, 0.3) is 10.2 Å². The maximum absolute atomic E-state index is 12.6. The molecule has 2 aliphatic rings. The van der Waals surface area contributed by atoms with Crippen LogP contribution in [0.4, 0.5) is 9.93 Å². The van der Waals surface area contributed by atoms with E-state index in [0.29, 0.717) is 16.7 Å². The highest BCUT2D eigenvalue weighted by Crippen LogP contribution is 2.26. The van der Waals surface area contributed by atoms with Crippen LogP contribution < -0.4 is 10.6 Å². The standard InChI is InChI=1S/C26H31N5O2S/c32-24(29-25-28-22-8-4-5-9-23(22)34-25)20-12-10-19(11-13-20)18-30-14-16-31(17-15-30)26(33)27-21-6-2-1-3-7-21/h4-5,8-13,21H,1-3,6-7,14-18H2,(H,27,33)(H,28,29,32). The number of carbonyl (C=O) groups excluding carboxylic acids is 2. The Morgan fingerprint density at radius 2 is 1.68 bits per heavy atom. The second kappa shape index (κ2) is 10.5. The molecule has 2 aromatic carbocycles. The van der Waals surface area contributed by atoms with Gasteiger partial charge in [-0.1, -0.05) is 54.9 Å². The van der Waals surface area contributed by atoms with E-state index >= 15 is 0 Å². The summed E-state index contributed by atoms with van der Waals surface area (Å²) in [5.41, 5.74) is 2.67. The van der Waals surface area contributed by atoms with Gasteiger partial charge in [-0.05, 0) is 42.7 Å². The fraction of sp³-hybridized carbons (Fsp3) is 0.423. The van der Waals surface area contributed by atoms with Crippen molar-refractivity contribution < 1.29 is 9.59 Å². The number of nitrogens with one attached hydrogen (secondary N) is 2. The predicted molar refractivity (Wildman–Crippen MR) is 136 cm³/mol. The number of urea groups is 1. The number of nitrogens with zero attached hydrogens (tertiary/aromatic N) is 3. The Hall–Kier alpha value is -2.97. The number of para-hydroxylation sites is 1. The van der Waals surface area contributed by atoms with Crippen LogP contribution in [-0.4, -0.2) is 58.9 Å². The summed E-state index contributed by atoms with van der Waals surface area (Å²) in [5, 5.41) is 6.74. The first-order valence-corrected chi connectivity index (χ1v) is 13.0. The minimum atomic E-state index is -0.150. The summed E-state index contributed by atoms with van der Waals surface area (Å²) in [6.07, 6.45) is 5.96. The predicted octanol–water partition coefficient (Wildman–Crippen LogP) is 4.71. The average molecular weight is 478 g/mol. The van der Waals surface area contributed by atoms with Crippen molar-refractivity contribution in [2.45, 2.75) is 44.7 Å². The summed E-state index contributed by atoms with van der Waals surface area (Å²) >= 11 is 1.48. The van der Waals surface area contributed by atoms with Crippen LogP contribution in [0.2, 0.25) is 0 Å². The molecule has 0 unspecified atom stereocenters. The summed E-state index contributed by atoms with van der Waals surface area (Å²) in [6, 6.07) is 16.1. The van der Waals surface area contributed by atoms with Crippen LogP contribution in [0, 0.1) is 0 Å². The molecule has 3 aromatic rings. The van der Waals surface area contributed by atoms with E-state index in [1.165, 1.54) is 30.6 Å². The van der Waals surface area contributed by atoms with Crippen LogP contribution >= 0.6 is 11.3 Å². The van der Waals surface area contributed by atoms with E-state index in [1.807, 2.05) is 53.4 Å². The number of hydrogen-bond acceptors (Lipinski definition) is 5. The maximum atomic E-state index is 12.6. The third-order valence-electron chi connectivity index (χ3n) is 6.73. The van der Waals surface area contributed by atoms with Crippen molar-refractivity contribution >= 4 is 38.6 Å². The summed E-state index contributed by atoms with van der Waals surface area (Å²) < 4.78 is 1.06. The third kappa shape index (κ3) is 5.56. The number of hydrogen-bond donors (Lipinski definition) is 2. The molecule has 0 radical (unpaired) electrons. The van der Waals surface area contributed by atoms with Crippen molar-refractivity contribution in [3.8, 4) is 0 Å². The molecule has 2 heterocycles. The van der Waals surface area contributed by atoms with Gasteiger partial charge in [0, 0.05) is 44.3 Å². The van der Waals surface area contributed by atoms with Gasteiger partial charge in [0.05, 0.1) is 10.2 Å². The Labute approximate surface area is 204 Å². The number of amides is 3. The second-order valence-electron chi connectivity index (χ2n) is 9.19. The van der Waals surface area contributed by atoms with Crippen molar-refractivity contribution in [2.75, 3.05) is 31.5 Å². The molecular weight excluding hydrogens is 446 g/mol. The average Bonchev–Trinajstić information content (AvgIpc) is 3.28. The third-order valence-corrected chi connectivity index (χ3v) is 7.68. The molecule has 0 spiro atoms. The molecule has 1 saturated carbocycles. The van der Waals surface area contributed by atoms with E-state index in [0.717, 1.165) is 61.3 Å². The molecule has 34 heavy (non-hydrogen) atoms. The van der Waals surface area contributed by atoms with Gasteiger partial charge in [-0.25, -0.2) is 9.78 Å². The Kier molecular flexibility index (Phi) is 7.06. The summed E-state index contributed by atoms with van der Waals surface area (Å²) in [7, 11) is 0. The zero-order chi connectivity index (χ0) is 23.3. The van der Waals surface area contributed by atoms with Crippen molar-refractivity contribution in [3.63, 3.8) is 0 Å². The molecule has 8 heteroatoms. The number of aromatic nitrogens is 1. The second-order valence-corrected chi connectivity index (χ2v) is 10.2. The molecule has 1 aromatic heterocycles. The summed E-state index contributed by atoms with van der Waals surface area (Å²) in [6.45, 7) is 4.04. The molecule has 2 N–H and O–H groups in total. The van der Waals surface area contributed by atoms with E-state index in [2.05, 4.69) is 20.5 Å².